The second-order valence-electron chi connectivity index (χ2n) is 4.06. The van der Waals surface area contributed by atoms with Crippen LogP contribution in [0.4, 0.5) is 5.69 Å². The number of sulfonamides is 1. The van der Waals surface area contributed by atoms with Gasteiger partial charge < -0.3 is 10.4 Å². The minimum Gasteiger partial charge on any atom is -0.480 e. The molecule has 0 aromatic heterocycles. The van der Waals surface area contributed by atoms with Gasteiger partial charge >= 0.3 is 5.97 Å². The highest BCUT2D eigenvalue weighted by atomic mass is 32.2. The molecule has 0 radical (unpaired) electrons. The molecule has 0 aliphatic heterocycles. The van der Waals surface area contributed by atoms with Gasteiger partial charge in [-0.15, -0.1) is 0 Å². The van der Waals surface area contributed by atoms with E-state index in [1.165, 1.54) is 24.3 Å². The van der Waals surface area contributed by atoms with Gasteiger partial charge in [0.2, 0.25) is 10.0 Å². The first kappa shape index (κ1) is 16.0. The van der Waals surface area contributed by atoms with E-state index < -0.39 is 21.2 Å². The molecule has 1 atom stereocenters. The van der Waals surface area contributed by atoms with Gasteiger partial charge in [0.25, 0.3) is 5.91 Å². The number of nitrogens with one attached hydrogen (secondary N) is 2. The number of amides is 1. The molecule has 1 aromatic rings. The smallest absolute Gasteiger partial charge is 0.323 e. The maximum atomic E-state index is 11.7. The Morgan fingerprint density at radius 3 is 2.25 bits per heavy atom. The first-order valence-electron chi connectivity index (χ1n) is 5.90. The molecule has 0 spiro atoms. The molecule has 0 fully saturated rings. The summed E-state index contributed by atoms with van der Waals surface area (Å²) in [5, 5.41) is 9.74. The van der Waals surface area contributed by atoms with Gasteiger partial charge in [0, 0.05) is 17.8 Å². The lowest BCUT2D eigenvalue weighted by Crippen LogP contribution is -2.32. The minimum atomic E-state index is -4.01. The van der Waals surface area contributed by atoms with Crippen LogP contribution in [-0.2, 0) is 14.8 Å². The number of carbonyl (C=O) groups is 2. The molecule has 1 unspecified atom stereocenters. The molecule has 0 bridgehead atoms. The third-order valence-electron chi connectivity index (χ3n) is 2.56. The average molecular weight is 300 g/mol. The van der Waals surface area contributed by atoms with Crippen molar-refractivity contribution in [1.29, 1.82) is 0 Å². The average Bonchev–Trinajstić information content (AvgIpc) is 2.38. The van der Waals surface area contributed by atoms with E-state index in [1.54, 1.807) is 6.92 Å². The van der Waals surface area contributed by atoms with E-state index in [2.05, 4.69) is 10.0 Å². The summed E-state index contributed by atoms with van der Waals surface area (Å²) < 4.78 is 25.5. The molecule has 3 N–H and O–H groups in total. The highest BCUT2D eigenvalue weighted by molar-refractivity contribution is 7.94. The van der Waals surface area contributed by atoms with Gasteiger partial charge in [0.15, 0.2) is 5.25 Å². The van der Waals surface area contributed by atoms with E-state index in [0.717, 1.165) is 6.92 Å². The van der Waals surface area contributed by atoms with Crippen LogP contribution in [0.2, 0.25) is 0 Å². The van der Waals surface area contributed by atoms with Crippen LogP contribution < -0.4 is 10.0 Å². The molecule has 0 heterocycles. The molecular formula is C12H16N2O5S. The van der Waals surface area contributed by atoms with E-state index in [4.69, 9.17) is 5.11 Å². The number of benzene rings is 1. The van der Waals surface area contributed by atoms with Crippen molar-refractivity contribution in [2.45, 2.75) is 19.1 Å². The van der Waals surface area contributed by atoms with Gasteiger partial charge in [-0.05, 0) is 38.1 Å². The van der Waals surface area contributed by atoms with Gasteiger partial charge in [-0.25, -0.2) is 8.42 Å². The Hall–Kier alpha value is -2.09. The van der Waals surface area contributed by atoms with E-state index in [-0.39, 0.29) is 11.6 Å². The fourth-order valence-corrected chi connectivity index (χ4v) is 2.24. The van der Waals surface area contributed by atoms with Gasteiger partial charge in [-0.1, -0.05) is 0 Å². The molecule has 1 aromatic carbocycles. The molecule has 0 aliphatic carbocycles. The Balaban J connectivity index is 2.85. The quantitative estimate of drug-likeness (QED) is 0.714. The standard InChI is InChI=1S/C12H16N2O5S/c1-3-13-11(15)9-4-6-10(7-5-9)14-20(18,19)8(2)12(16)17/h4-8,14H,3H2,1-2H3,(H,13,15)(H,16,17). The zero-order valence-electron chi connectivity index (χ0n) is 11.1. The number of aliphatic carboxylic acids is 1. The lowest BCUT2D eigenvalue weighted by Gasteiger charge is -2.11. The molecule has 0 saturated carbocycles. The minimum absolute atomic E-state index is 0.200. The highest BCUT2D eigenvalue weighted by Gasteiger charge is 2.27. The Bertz CT molecular complexity index is 595. The Kier molecular flexibility index (Phi) is 5.09. The maximum Gasteiger partial charge on any atom is 0.323 e. The number of carboxylic acid groups (broad SMARTS) is 1. The SMILES string of the molecule is CCNC(=O)c1ccc(NS(=O)(=O)C(C)C(=O)O)cc1. The molecule has 110 valence electrons. The summed E-state index contributed by atoms with van der Waals surface area (Å²) in [6.07, 6.45) is 0. The van der Waals surface area contributed by atoms with E-state index in [9.17, 15) is 18.0 Å². The summed E-state index contributed by atoms with van der Waals surface area (Å²) in [7, 11) is -4.01. The third-order valence-corrected chi connectivity index (χ3v) is 4.21. The number of carbonyl (C=O) groups excluding carboxylic acids is 1. The molecule has 1 amide bonds. The Morgan fingerprint density at radius 1 is 1.25 bits per heavy atom. The van der Waals surface area contributed by atoms with Crippen molar-refractivity contribution in [2.24, 2.45) is 0 Å². The summed E-state index contributed by atoms with van der Waals surface area (Å²) in [5.41, 5.74) is 0.590. The van der Waals surface area contributed by atoms with Gasteiger partial charge in [0.05, 0.1) is 0 Å². The fraction of sp³-hybridized carbons (Fsp3) is 0.333. The van der Waals surface area contributed by atoms with Crippen molar-refractivity contribution in [3.8, 4) is 0 Å². The molecule has 0 aliphatic rings. The summed E-state index contributed by atoms with van der Waals surface area (Å²) in [6, 6.07) is 5.70. The lowest BCUT2D eigenvalue weighted by atomic mass is 10.2. The predicted octanol–water partition coefficient (Wildman–Crippen LogP) is 0.651. The number of hydrogen-bond acceptors (Lipinski definition) is 4. The zero-order chi connectivity index (χ0) is 15.3. The Morgan fingerprint density at radius 2 is 1.80 bits per heavy atom. The Labute approximate surface area is 117 Å². The summed E-state index contributed by atoms with van der Waals surface area (Å²) in [6.45, 7) is 3.35. The predicted molar refractivity (Wildman–Crippen MR) is 74.1 cm³/mol. The van der Waals surface area contributed by atoms with Gasteiger partial charge in [0.1, 0.15) is 0 Å². The fourth-order valence-electron chi connectivity index (χ4n) is 1.34. The van der Waals surface area contributed by atoms with Crippen molar-refractivity contribution >= 4 is 27.6 Å². The second-order valence-corrected chi connectivity index (χ2v) is 6.07. The van der Waals surface area contributed by atoms with Crippen molar-refractivity contribution < 1.29 is 23.1 Å². The lowest BCUT2D eigenvalue weighted by molar-refractivity contribution is -0.136. The maximum absolute atomic E-state index is 11.7. The first-order chi connectivity index (χ1) is 9.27. The van der Waals surface area contributed by atoms with E-state index >= 15 is 0 Å². The van der Waals surface area contributed by atoms with E-state index in [1.807, 2.05) is 0 Å². The second kappa shape index (κ2) is 6.38. The van der Waals surface area contributed by atoms with Crippen LogP contribution in [-0.4, -0.2) is 37.2 Å². The zero-order valence-corrected chi connectivity index (χ0v) is 11.9. The van der Waals surface area contributed by atoms with Crippen LogP contribution in [0.15, 0.2) is 24.3 Å². The van der Waals surface area contributed by atoms with Crippen molar-refractivity contribution in [3.63, 3.8) is 0 Å². The van der Waals surface area contributed by atoms with Crippen LogP contribution in [0.1, 0.15) is 24.2 Å². The van der Waals surface area contributed by atoms with Crippen molar-refractivity contribution in [2.75, 3.05) is 11.3 Å². The molecule has 7 nitrogen and oxygen atoms in total. The van der Waals surface area contributed by atoms with Crippen molar-refractivity contribution in [3.05, 3.63) is 29.8 Å². The van der Waals surface area contributed by atoms with Crippen LogP contribution in [0.3, 0.4) is 0 Å². The van der Waals surface area contributed by atoms with E-state index in [0.29, 0.717) is 12.1 Å². The number of carboxylic acids is 1. The number of anilines is 1. The van der Waals surface area contributed by atoms with Crippen LogP contribution in [0.25, 0.3) is 0 Å². The van der Waals surface area contributed by atoms with Crippen molar-refractivity contribution in [1.82, 2.24) is 5.32 Å². The monoisotopic (exact) mass is 300 g/mol. The molecule has 1 rings (SSSR count). The summed E-state index contributed by atoms with van der Waals surface area (Å²) >= 11 is 0. The van der Waals surface area contributed by atoms with Crippen LogP contribution in [0, 0.1) is 0 Å². The third kappa shape index (κ3) is 3.95. The summed E-state index contributed by atoms with van der Waals surface area (Å²) in [4.78, 5) is 22.2. The van der Waals surface area contributed by atoms with Crippen LogP contribution in [0.5, 0.6) is 0 Å². The molecule has 20 heavy (non-hydrogen) atoms. The molecule has 0 saturated heterocycles. The molecular weight excluding hydrogens is 284 g/mol. The molecule has 8 heteroatoms. The number of rotatable bonds is 6. The number of hydrogen-bond donors (Lipinski definition) is 3. The topological polar surface area (TPSA) is 113 Å². The summed E-state index contributed by atoms with van der Waals surface area (Å²) in [5.74, 6) is -1.70. The van der Waals surface area contributed by atoms with Gasteiger partial charge in [-0.3, -0.25) is 14.3 Å². The highest BCUT2D eigenvalue weighted by Crippen LogP contribution is 2.13. The largest absolute Gasteiger partial charge is 0.480 e. The first-order valence-corrected chi connectivity index (χ1v) is 7.45. The van der Waals surface area contributed by atoms with Gasteiger partial charge in [-0.2, -0.15) is 0 Å². The van der Waals surface area contributed by atoms with Crippen LogP contribution >= 0.6 is 0 Å². The normalized spacial score (nSPS) is 12.5.